The van der Waals surface area contributed by atoms with Crippen molar-refractivity contribution in [2.75, 3.05) is 5.32 Å². The molecule has 0 aromatic heterocycles. The van der Waals surface area contributed by atoms with Gasteiger partial charge in [-0.3, -0.25) is 14.4 Å². The van der Waals surface area contributed by atoms with Gasteiger partial charge in [-0.15, -0.1) is 0 Å². The fourth-order valence-electron chi connectivity index (χ4n) is 4.85. The Hall–Kier alpha value is -4.40. The van der Waals surface area contributed by atoms with Crippen molar-refractivity contribution < 1.29 is 23.9 Å². The van der Waals surface area contributed by atoms with Crippen molar-refractivity contribution in [1.82, 2.24) is 10.2 Å². The summed E-state index contributed by atoms with van der Waals surface area (Å²) in [5.74, 6) is -1.74. The highest BCUT2D eigenvalue weighted by Gasteiger charge is 2.45. The molecule has 1 fully saturated rings. The summed E-state index contributed by atoms with van der Waals surface area (Å²) in [7, 11) is 0. The predicted molar refractivity (Wildman–Crippen MR) is 158 cm³/mol. The summed E-state index contributed by atoms with van der Waals surface area (Å²) in [6, 6.07) is 16.7. The lowest BCUT2D eigenvalue weighted by molar-refractivity contribution is -0.142. The molecule has 4 N–H and O–H groups in total. The van der Waals surface area contributed by atoms with Crippen LogP contribution in [0.4, 0.5) is 10.5 Å². The zero-order valence-corrected chi connectivity index (χ0v) is 24.2. The lowest BCUT2D eigenvalue weighted by atomic mass is 9.95. The minimum absolute atomic E-state index is 0.245. The number of aryl methyl sites for hydroxylation is 2. The van der Waals surface area contributed by atoms with Gasteiger partial charge in [0.2, 0.25) is 11.8 Å². The molecule has 0 aliphatic heterocycles. The molecule has 216 valence electrons. The molecule has 0 radical (unpaired) electrons. The molecule has 4 rings (SSSR count). The lowest BCUT2D eigenvalue weighted by Gasteiger charge is -2.35. The molecule has 2 unspecified atom stereocenters. The Bertz CT molecular complexity index is 1470. The summed E-state index contributed by atoms with van der Waals surface area (Å²) >= 11 is 0. The number of alkyl carbamates (subject to hydrolysis) is 1. The van der Waals surface area contributed by atoms with E-state index in [1.54, 1.807) is 20.8 Å². The van der Waals surface area contributed by atoms with Crippen molar-refractivity contribution in [3.8, 4) is 0 Å². The standard InChI is InChI=1S/C32H38N4O5/c1-19-10-11-20(2)25(16-19)28(29(38)34-23-13-12-21-8-6-7-9-22(21)17-23)36(24-14-15-24)30(39)26(18-27(33)37)35-31(40)41-32(3,4)5/h6-13,16-17,24,26,28H,14-15,18H2,1-5H3,(H2,33,37)(H,34,38)(H,35,40). The van der Waals surface area contributed by atoms with Crippen LogP contribution in [-0.2, 0) is 19.1 Å². The third-order valence-electron chi connectivity index (χ3n) is 6.86. The first kappa shape index (κ1) is 29.6. The van der Waals surface area contributed by atoms with Crippen LogP contribution in [-0.4, -0.2) is 46.4 Å². The van der Waals surface area contributed by atoms with Gasteiger partial charge >= 0.3 is 6.09 Å². The summed E-state index contributed by atoms with van der Waals surface area (Å²) in [5, 5.41) is 7.54. The minimum Gasteiger partial charge on any atom is -0.444 e. The smallest absolute Gasteiger partial charge is 0.408 e. The van der Waals surface area contributed by atoms with Crippen LogP contribution in [0.1, 0.15) is 62.8 Å². The van der Waals surface area contributed by atoms with Crippen molar-refractivity contribution in [3.05, 3.63) is 77.4 Å². The van der Waals surface area contributed by atoms with E-state index < -0.39 is 47.9 Å². The number of rotatable bonds is 9. The summed E-state index contributed by atoms with van der Waals surface area (Å²) in [6.45, 7) is 8.90. The number of carbonyl (C=O) groups is 4. The monoisotopic (exact) mass is 558 g/mol. The number of amides is 4. The van der Waals surface area contributed by atoms with Crippen molar-refractivity contribution in [1.29, 1.82) is 0 Å². The number of ether oxygens (including phenoxy) is 1. The molecule has 3 aromatic rings. The first-order valence-corrected chi connectivity index (χ1v) is 13.8. The number of benzene rings is 3. The molecule has 9 nitrogen and oxygen atoms in total. The van der Waals surface area contributed by atoms with Gasteiger partial charge in [0.05, 0.1) is 6.42 Å². The van der Waals surface area contributed by atoms with Crippen molar-refractivity contribution in [2.45, 2.75) is 77.6 Å². The Morgan fingerprint density at radius 2 is 1.66 bits per heavy atom. The van der Waals surface area contributed by atoms with E-state index in [2.05, 4.69) is 10.6 Å². The highest BCUT2D eigenvalue weighted by Crippen LogP contribution is 2.37. The molecule has 1 saturated carbocycles. The highest BCUT2D eigenvalue weighted by atomic mass is 16.6. The predicted octanol–water partition coefficient (Wildman–Crippen LogP) is 4.90. The Morgan fingerprint density at radius 1 is 0.976 bits per heavy atom. The van der Waals surface area contributed by atoms with Gasteiger partial charge in [-0.25, -0.2) is 4.79 Å². The number of nitrogens with zero attached hydrogens (tertiary/aromatic N) is 1. The van der Waals surface area contributed by atoms with Crippen LogP contribution in [0.25, 0.3) is 10.8 Å². The second-order valence-electron chi connectivity index (χ2n) is 11.7. The topological polar surface area (TPSA) is 131 Å². The molecule has 1 aliphatic rings. The highest BCUT2D eigenvalue weighted by molar-refractivity contribution is 6.01. The molecule has 4 amide bonds. The minimum atomic E-state index is -1.30. The molecule has 9 heteroatoms. The van der Waals surface area contributed by atoms with E-state index in [4.69, 9.17) is 10.5 Å². The van der Waals surface area contributed by atoms with E-state index in [1.807, 2.05) is 74.5 Å². The quantitative estimate of drug-likeness (QED) is 0.344. The Balaban J connectivity index is 1.73. The van der Waals surface area contributed by atoms with Crippen LogP contribution in [0.3, 0.4) is 0 Å². The molecule has 0 saturated heterocycles. The summed E-state index contributed by atoms with van der Waals surface area (Å²) < 4.78 is 5.35. The van der Waals surface area contributed by atoms with Crippen LogP contribution in [0, 0.1) is 13.8 Å². The van der Waals surface area contributed by atoms with Gasteiger partial charge in [0, 0.05) is 11.7 Å². The molecule has 0 bridgehead atoms. The average molecular weight is 559 g/mol. The van der Waals surface area contributed by atoms with E-state index in [-0.39, 0.29) is 6.04 Å². The van der Waals surface area contributed by atoms with E-state index in [0.29, 0.717) is 24.1 Å². The molecule has 2 atom stereocenters. The van der Waals surface area contributed by atoms with Gasteiger partial charge in [-0.05, 0) is 81.5 Å². The number of nitrogens with two attached hydrogens (primary N) is 1. The molecule has 3 aromatic carbocycles. The van der Waals surface area contributed by atoms with Gasteiger partial charge < -0.3 is 26.0 Å². The largest absolute Gasteiger partial charge is 0.444 e. The maximum absolute atomic E-state index is 14.2. The molecular formula is C32H38N4O5. The Morgan fingerprint density at radius 3 is 2.29 bits per heavy atom. The van der Waals surface area contributed by atoms with Gasteiger partial charge in [-0.1, -0.05) is 54.1 Å². The first-order chi connectivity index (χ1) is 19.3. The van der Waals surface area contributed by atoms with E-state index >= 15 is 0 Å². The number of anilines is 1. The Labute approximate surface area is 240 Å². The van der Waals surface area contributed by atoms with Crippen molar-refractivity contribution in [2.24, 2.45) is 5.73 Å². The zero-order chi connectivity index (χ0) is 29.9. The average Bonchev–Trinajstić information content (AvgIpc) is 3.72. The molecule has 1 aliphatic carbocycles. The van der Waals surface area contributed by atoms with Crippen LogP contribution in [0.5, 0.6) is 0 Å². The number of hydrogen-bond acceptors (Lipinski definition) is 5. The zero-order valence-electron chi connectivity index (χ0n) is 24.2. The number of fused-ring (bicyclic) bond motifs is 1. The lowest BCUT2D eigenvalue weighted by Crippen LogP contribution is -2.54. The van der Waals surface area contributed by atoms with E-state index in [9.17, 15) is 19.2 Å². The number of hydrogen-bond donors (Lipinski definition) is 3. The molecule has 0 spiro atoms. The molecule has 41 heavy (non-hydrogen) atoms. The SMILES string of the molecule is Cc1ccc(C)c(C(C(=O)Nc2ccc3ccccc3c2)N(C(=O)C(CC(N)=O)NC(=O)OC(C)(C)C)C2CC2)c1. The third kappa shape index (κ3) is 7.63. The normalized spacial score (nSPS) is 14.6. The second kappa shape index (κ2) is 12.0. The number of nitrogens with one attached hydrogen (secondary N) is 2. The number of carbonyl (C=O) groups excluding carboxylic acids is 4. The van der Waals surface area contributed by atoms with Crippen LogP contribution in [0.15, 0.2) is 60.7 Å². The van der Waals surface area contributed by atoms with Crippen molar-refractivity contribution in [3.63, 3.8) is 0 Å². The van der Waals surface area contributed by atoms with Crippen LogP contribution >= 0.6 is 0 Å². The van der Waals surface area contributed by atoms with Gasteiger partial charge in [-0.2, -0.15) is 0 Å². The Kier molecular flexibility index (Phi) is 8.66. The summed E-state index contributed by atoms with van der Waals surface area (Å²) in [6.07, 6.45) is 0.0856. The maximum atomic E-state index is 14.2. The summed E-state index contributed by atoms with van der Waals surface area (Å²) in [4.78, 5) is 54.5. The first-order valence-electron chi connectivity index (χ1n) is 13.8. The van der Waals surface area contributed by atoms with E-state index in [0.717, 1.165) is 21.9 Å². The second-order valence-corrected chi connectivity index (χ2v) is 11.7. The van der Waals surface area contributed by atoms with E-state index in [1.165, 1.54) is 4.90 Å². The third-order valence-corrected chi connectivity index (χ3v) is 6.86. The molecule has 0 heterocycles. The van der Waals surface area contributed by atoms with Gasteiger partial charge in [0.1, 0.15) is 17.7 Å². The van der Waals surface area contributed by atoms with Gasteiger partial charge in [0.15, 0.2) is 0 Å². The fourth-order valence-corrected chi connectivity index (χ4v) is 4.85. The summed E-state index contributed by atoms with van der Waals surface area (Å²) in [5.41, 5.74) is 7.68. The van der Waals surface area contributed by atoms with Gasteiger partial charge in [0.25, 0.3) is 5.91 Å². The van der Waals surface area contributed by atoms with Crippen molar-refractivity contribution >= 4 is 40.3 Å². The maximum Gasteiger partial charge on any atom is 0.408 e. The van der Waals surface area contributed by atoms with Crippen LogP contribution in [0.2, 0.25) is 0 Å². The fraction of sp³-hybridized carbons (Fsp3) is 0.375. The molecular weight excluding hydrogens is 520 g/mol. The van der Waals surface area contributed by atoms with Crippen LogP contribution < -0.4 is 16.4 Å². The number of primary amides is 1.